The van der Waals surface area contributed by atoms with Crippen LogP contribution < -0.4 is 5.32 Å². The van der Waals surface area contributed by atoms with Gasteiger partial charge in [0.15, 0.2) is 11.5 Å². The van der Waals surface area contributed by atoms with Crippen molar-refractivity contribution in [2.24, 2.45) is 5.92 Å². The highest BCUT2D eigenvalue weighted by molar-refractivity contribution is 6.32. The first-order chi connectivity index (χ1) is 16.4. The minimum Gasteiger partial charge on any atom is -0.507 e. The molecule has 1 aromatic heterocycles. The number of rotatable bonds is 7. The molecule has 0 spiro atoms. The van der Waals surface area contributed by atoms with E-state index in [1.807, 2.05) is 31.2 Å². The number of aromatic nitrogens is 1. The van der Waals surface area contributed by atoms with Crippen LogP contribution in [-0.2, 0) is 6.54 Å². The number of carbonyl (C=O) groups is 1. The predicted molar refractivity (Wildman–Crippen MR) is 129 cm³/mol. The quantitative estimate of drug-likeness (QED) is 0.399. The minimum absolute atomic E-state index is 0.0371. The number of amides is 1. The first kappa shape index (κ1) is 24.1. The van der Waals surface area contributed by atoms with E-state index in [9.17, 15) is 20.1 Å². The summed E-state index contributed by atoms with van der Waals surface area (Å²) in [5, 5.41) is 36.3. The van der Waals surface area contributed by atoms with Crippen molar-refractivity contribution in [3.63, 3.8) is 0 Å². The average molecular weight is 486 g/mol. The molecule has 0 radical (unpaired) electrons. The standard InChI is InChI=1S/C25H28ClN3O5/c1-2-27-25(33)23-22(24(34-28-23)18-11-19(26)21(32)12-20(18)31)17-5-3-15(4-6-17)13-29-9-7-16(14-30)8-10-29/h3-6,11-12,16,30-32H,2,7-10,13-14H2,1H3,(H,27,33). The highest BCUT2D eigenvalue weighted by Gasteiger charge is 2.26. The Kier molecular flexibility index (Phi) is 7.41. The number of aromatic hydroxyl groups is 2. The smallest absolute Gasteiger partial charge is 0.274 e. The number of benzene rings is 2. The van der Waals surface area contributed by atoms with E-state index >= 15 is 0 Å². The van der Waals surface area contributed by atoms with Crippen LogP contribution in [-0.4, -0.2) is 57.5 Å². The second kappa shape index (κ2) is 10.5. The van der Waals surface area contributed by atoms with Crippen molar-refractivity contribution in [1.82, 2.24) is 15.4 Å². The van der Waals surface area contributed by atoms with Gasteiger partial charge in [-0.1, -0.05) is 41.0 Å². The fourth-order valence-electron chi connectivity index (χ4n) is 4.24. The van der Waals surface area contributed by atoms with Gasteiger partial charge in [0.2, 0.25) is 0 Å². The molecule has 8 nitrogen and oxygen atoms in total. The molecule has 3 aromatic rings. The van der Waals surface area contributed by atoms with Crippen LogP contribution in [0, 0.1) is 5.92 Å². The number of likely N-dealkylation sites (tertiary alicyclic amines) is 1. The van der Waals surface area contributed by atoms with E-state index in [1.165, 1.54) is 6.07 Å². The summed E-state index contributed by atoms with van der Waals surface area (Å²) in [5.74, 6) is -0.333. The number of hydrogen-bond donors (Lipinski definition) is 4. The van der Waals surface area contributed by atoms with Crippen LogP contribution in [0.5, 0.6) is 11.5 Å². The zero-order valence-electron chi connectivity index (χ0n) is 18.9. The topological polar surface area (TPSA) is 119 Å². The Morgan fingerprint density at radius 1 is 1.18 bits per heavy atom. The number of halogens is 1. The first-order valence-electron chi connectivity index (χ1n) is 11.3. The molecule has 180 valence electrons. The molecule has 0 atom stereocenters. The van der Waals surface area contributed by atoms with Gasteiger partial charge in [0, 0.05) is 25.8 Å². The van der Waals surface area contributed by atoms with Crippen LogP contribution in [0.3, 0.4) is 0 Å². The summed E-state index contributed by atoms with van der Waals surface area (Å²) in [7, 11) is 0. The summed E-state index contributed by atoms with van der Waals surface area (Å²) < 4.78 is 5.51. The molecule has 1 fully saturated rings. The van der Waals surface area contributed by atoms with E-state index < -0.39 is 5.91 Å². The number of aliphatic hydroxyl groups is 1. The number of phenolic OH excluding ortho intramolecular Hbond substituents is 2. The highest BCUT2D eigenvalue weighted by atomic mass is 35.5. The number of nitrogens with one attached hydrogen (secondary N) is 1. The Hall–Kier alpha value is -3.07. The van der Waals surface area contributed by atoms with Gasteiger partial charge in [0.05, 0.1) is 16.1 Å². The monoisotopic (exact) mass is 485 g/mol. The van der Waals surface area contributed by atoms with E-state index in [2.05, 4.69) is 15.4 Å². The third-order valence-corrected chi connectivity index (χ3v) is 6.47. The number of nitrogens with zero attached hydrogens (tertiary/aromatic N) is 2. The molecule has 34 heavy (non-hydrogen) atoms. The molecule has 2 heterocycles. The van der Waals surface area contributed by atoms with Gasteiger partial charge in [0.1, 0.15) is 11.5 Å². The maximum atomic E-state index is 12.7. The lowest BCUT2D eigenvalue weighted by molar-refractivity contribution is 0.0947. The van der Waals surface area contributed by atoms with Crippen molar-refractivity contribution >= 4 is 17.5 Å². The van der Waals surface area contributed by atoms with Crippen LogP contribution in [0.4, 0.5) is 0 Å². The van der Waals surface area contributed by atoms with Crippen LogP contribution in [0.15, 0.2) is 40.9 Å². The van der Waals surface area contributed by atoms with Gasteiger partial charge >= 0.3 is 0 Å². The van der Waals surface area contributed by atoms with Gasteiger partial charge in [-0.15, -0.1) is 0 Å². The predicted octanol–water partition coefficient (Wildman–Crippen LogP) is 4.03. The molecule has 0 aliphatic carbocycles. The molecule has 0 saturated carbocycles. The maximum absolute atomic E-state index is 12.7. The molecular formula is C25H28ClN3O5. The van der Waals surface area contributed by atoms with Gasteiger partial charge in [0.25, 0.3) is 5.91 Å². The summed E-state index contributed by atoms with van der Waals surface area (Å²) in [6.07, 6.45) is 1.99. The molecule has 1 amide bonds. The third-order valence-electron chi connectivity index (χ3n) is 6.17. The lowest BCUT2D eigenvalue weighted by atomic mass is 9.96. The summed E-state index contributed by atoms with van der Waals surface area (Å²) >= 11 is 6.06. The summed E-state index contributed by atoms with van der Waals surface area (Å²) in [6, 6.07) is 10.3. The first-order valence-corrected chi connectivity index (χ1v) is 11.7. The molecule has 0 unspecified atom stereocenters. The van der Waals surface area contributed by atoms with Crippen molar-refractivity contribution < 1.29 is 24.6 Å². The molecule has 4 rings (SSSR count). The number of carbonyl (C=O) groups excluding carboxylic acids is 1. The Balaban J connectivity index is 1.66. The molecule has 0 bridgehead atoms. The summed E-state index contributed by atoms with van der Waals surface area (Å²) in [6.45, 7) is 5.17. The van der Waals surface area contributed by atoms with Crippen molar-refractivity contribution in [2.75, 3.05) is 26.2 Å². The Morgan fingerprint density at radius 3 is 2.53 bits per heavy atom. The third kappa shape index (κ3) is 5.04. The lowest BCUT2D eigenvalue weighted by Crippen LogP contribution is -2.34. The normalized spacial score (nSPS) is 14.9. The van der Waals surface area contributed by atoms with Crippen LogP contribution in [0.2, 0.25) is 5.02 Å². The van der Waals surface area contributed by atoms with E-state index in [-0.39, 0.29) is 40.1 Å². The average Bonchev–Trinajstić information content (AvgIpc) is 3.27. The zero-order chi connectivity index (χ0) is 24.2. The molecule has 1 aliphatic heterocycles. The second-order valence-corrected chi connectivity index (χ2v) is 8.92. The fourth-order valence-corrected chi connectivity index (χ4v) is 4.40. The lowest BCUT2D eigenvalue weighted by Gasteiger charge is -2.31. The van der Waals surface area contributed by atoms with Gasteiger partial charge in [-0.05, 0) is 56.0 Å². The molecular weight excluding hydrogens is 458 g/mol. The van der Waals surface area contributed by atoms with E-state index in [0.29, 0.717) is 23.6 Å². The van der Waals surface area contributed by atoms with Gasteiger partial charge in [-0.2, -0.15) is 0 Å². The number of phenols is 2. The molecule has 9 heteroatoms. The molecule has 2 aromatic carbocycles. The summed E-state index contributed by atoms with van der Waals surface area (Å²) in [5.41, 5.74) is 2.57. The van der Waals surface area contributed by atoms with Gasteiger partial charge in [-0.25, -0.2) is 0 Å². The largest absolute Gasteiger partial charge is 0.507 e. The number of aliphatic hydroxyl groups excluding tert-OH is 1. The Morgan fingerprint density at radius 2 is 1.88 bits per heavy atom. The van der Waals surface area contributed by atoms with E-state index in [4.69, 9.17) is 16.1 Å². The number of piperidine rings is 1. The minimum atomic E-state index is -0.396. The van der Waals surface area contributed by atoms with Crippen molar-refractivity contribution in [2.45, 2.75) is 26.3 Å². The van der Waals surface area contributed by atoms with Gasteiger partial charge < -0.3 is 25.2 Å². The summed E-state index contributed by atoms with van der Waals surface area (Å²) in [4.78, 5) is 15.0. The number of hydrogen-bond acceptors (Lipinski definition) is 7. The Bertz CT molecular complexity index is 1150. The fraction of sp³-hybridized carbons (Fsp3) is 0.360. The maximum Gasteiger partial charge on any atom is 0.274 e. The second-order valence-electron chi connectivity index (χ2n) is 8.51. The zero-order valence-corrected chi connectivity index (χ0v) is 19.7. The SMILES string of the molecule is CCNC(=O)c1noc(-c2cc(Cl)c(O)cc2O)c1-c1ccc(CN2CCC(CO)CC2)cc1. The van der Waals surface area contributed by atoms with Crippen molar-refractivity contribution in [3.05, 3.63) is 52.7 Å². The van der Waals surface area contributed by atoms with Crippen molar-refractivity contribution in [3.8, 4) is 33.9 Å². The van der Waals surface area contributed by atoms with Gasteiger partial charge in [-0.3, -0.25) is 9.69 Å². The molecule has 4 N–H and O–H groups in total. The van der Waals surface area contributed by atoms with Crippen LogP contribution in [0.1, 0.15) is 35.8 Å². The van der Waals surface area contributed by atoms with Crippen molar-refractivity contribution in [1.29, 1.82) is 0 Å². The van der Waals surface area contributed by atoms with Crippen LogP contribution >= 0.6 is 11.6 Å². The molecule has 1 saturated heterocycles. The molecule has 1 aliphatic rings. The highest BCUT2D eigenvalue weighted by Crippen LogP contribution is 2.42. The van der Waals surface area contributed by atoms with Crippen LogP contribution in [0.25, 0.3) is 22.5 Å². The van der Waals surface area contributed by atoms with E-state index in [0.717, 1.165) is 44.1 Å². The van der Waals surface area contributed by atoms with E-state index in [1.54, 1.807) is 0 Å². The Labute approximate surface area is 202 Å².